The van der Waals surface area contributed by atoms with E-state index in [4.69, 9.17) is 0 Å². The Kier molecular flexibility index (Phi) is 3.19. The number of carbonyl (C=O) groups excluding carboxylic acids is 2. The predicted octanol–water partition coefficient (Wildman–Crippen LogP) is 1.98. The van der Waals surface area contributed by atoms with E-state index in [-0.39, 0.29) is 5.91 Å². The number of amides is 3. The molecule has 1 unspecified atom stereocenters. The molecule has 4 nitrogen and oxygen atoms in total. The molecule has 0 aromatic heterocycles. The summed E-state index contributed by atoms with van der Waals surface area (Å²) >= 11 is 3.40. The predicted molar refractivity (Wildman–Crippen MR) is 67.5 cm³/mol. The smallest absolute Gasteiger partial charge is 0.322 e. The van der Waals surface area contributed by atoms with Crippen molar-refractivity contribution < 1.29 is 9.59 Å². The molecule has 0 aliphatic carbocycles. The number of hydrogen-bond acceptors (Lipinski definition) is 2. The largest absolute Gasteiger partial charge is 0.324 e. The monoisotopic (exact) mass is 296 g/mol. The van der Waals surface area contributed by atoms with E-state index in [2.05, 4.69) is 26.6 Å². The first-order chi connectivity index (χ1) is 7.99. The zero-order chi connectivity index (χ0) is 12.5. The molecule has 1 atom stereocenters. The molecule has 90 valence electrons. The minimum absolute atomic E-state index is 0.252. The van der Waals surface area contributed by atoms with Gasteiger partial charge in [0.15, 0.2) is 0 Å². The molecule has 1 aliphatic rings. The highest BCUT2D eigenvalue weighted by Crippen LogP contribution is 2.19. The Morgan fingerprint density at radius 2 is 2.12 bits per heavy atom. The highest BCUT2D eigenvalue weighted by atomic mass is 79.9. The number of carbonyl (C=O) groups is 2. The van der Waals surface area contributed by atoms with Gasteiger partial charge >= 0.3 is 6.03 Å². The fourth-order valence-corrected chi connectivity index (χ4v) is 2.29. The third kappa shape index (κ3) is 2.66. The number of halogens is 1. The summed E-state index contributed by atoms with van der Waals surface area (Å²) in [6, 6.07) is 7.51. The minimum atomic E-state index is -0.792. The number of imide groups is 1. The minimum Gasteiger partial charge on any atom is -0.324 e. The van der Waals surface area contributed by atoms with Crippen LogP contribution in [0.15, 0.2) is 28.7 Å². The summed E-state index contributed by atoms with van der Waals surface area (Å²) < 4.78 is 1.01. The van der Waals surface area contributed by atoms with Crippen LogP contribution in [0.4, 0.5) is 4.79 Å². The molecule has 1 aliphatic heterocycles. The fraction of sp³-hybridized carbons (Fsp3) is 0.333. The van der Waals surface area contributed by atoms with E-state index in [1.54, 1.807) is 6.92 Å². The van der Waals surface area contributed by atoms with Crippen LogP contribution in [0.3, 0.4) is 0 Å². The van der Waals surface area contributed by atoms with Crippen molar-refractivity contribution in [1.29, 1.82) is 0 Å². The third-order valence-electron chi connectivity index (χ3n) is 2.92. The van der Waals surface area contributed by atoms with Crippen LogP contribution < -0.4 is 10.6 Å². The third-order valence-corrected chi connectivity index (χ3v) is 3.41. The highest BCUT2D eigenvalue weighted by Gasteiger charge is 2.41. The normalized spacial score (nSPS) is 23.4. The van der Waals surface area contributed by atoms with Gasteiger partial charge in [0.25, 0.3) is 5.91 Å². The van der Waals surface area contributed by atoms with Gasteiger partial charge in [-0.2, -0.15) is 0 Å². The Morgan fingerprint density at radius 1 is 1.35 bits per heavy atom. The molecule has 1 fully saturated rings. The van der Waals surface area contributed by atoms with Crippen LogP contribution in [0.25, 0.3) is 0 Å². The van der Waals surface area contributed by atoms with Crippen molar-refractivity contribution >= 4 is 27.9 Å². The summed E-state index contributed by atoms with van der Waals surface area (Å²) in [7, 11) is 0. The Bertz CT molecular complexity index is 475. The van der Waals surface area contributed by atoms with Gasteiger partial charge < -0.3 is 5.32 Å². The molecule has 1 aromatic carbocycles. The van der Waals surface area contributed by atoms with Crippen LogP contribution in [0, 0.1) is 0 Å². The van der Waals surface area contributed by atoms with Crippen molar-refractivity contribution in [2.75, 3.05) is 0 Å². The van der Waals surface area contributed by atoms with Crippen LogP contribution >= 0.6 is 15.9 Å². The van der Waals surface area contributed by atoms with E-state index in [1.807, 2.05) is 24.3 Å². The molecule has 0 radical (unpaired) electrons. The average Bonchev–Trinajstić information content (AvgIpc) is 2.51. The maximum atomic E-state index is 11.6. The van der Waals surface area contributed by atoms with Crippen LogP contribution in [-0.2, 0) is 11.2 Å². The lowest BCUT2D eigenvalue weighted by Crippen LogP contribution is -2.43. The van der Waals surface area contributed by atoms with Gasteiger partial charge in [0.2, 0.25) is 0 Å². The summed E-state index contributed by atoms with van der Waals surface area (Å²) in [6.07, 6.45) is 1.32. The molecule has 2 N–H and O–H groups in total. The van der Waals surface area contributed by atoms with Crippen molar-refractivity contribution in [1.82, 2.24) is 10.6 Å². The zero-order valence-corrected chi connectivity index (χ0v) is 11.0. The molecule has 3 amide bonds. The van der Waals surface area contributed by atoms with E-state index in [9.17, 15) is 9.59 Å². The molecule has 17 heavy (non-hydrogen) atoms. The molecule has 1 saturated heterocycles. The number of hydrogen-bond donors (Lipinski definition) is 2. The van der Waals surface area contributed by atoms with Crippen molar-refractivity contribution in [2.45, 2.75) is 25.3 Å². The number of nitrogens with one attached hydrogen (secondary N) is 2. The van der Waals surface area contributed by atoms with Gasteiger partial charge in [0.05, 0.1) is 0 Å². The first-order valence-corrected chi connectivity index (χ1v) is 6.17. The van der Waals surface area contributed by atoms with Crippen molar-refractivity contribution in [3.8, 4) is 0 Å². The lowest BCUT2D eigenvalue weighted by atomic mass is 9.93. The average molecular weight is 297 g/mol. The van der Waals surface area contributed by atoms with Crippen LogP contribution in [0.5, 0.6) is 0 Å². The van der Waals surface area contributed by atoms with E-state index < -0.39 is 11.6 Å². The first kappa shape index (κ1) is 12.1. The fourth-order valence-electron chi connectivity index (χ4n) is 1.84. The van der Waals surface area contributed by atoms with Crippen LogP contribution in [-0.4, -0.2) is 17.5 Å². The maximum absolute atomic E-state index is 11.6. The lowest BCUT2D eigenvalue weighted by molar-refractivity contribution is -0.123. The van der Waals surface area contributed by atoms with Crippen LogP contribution in [0.2, 0.25) is 0 Å². The molecular formula is C12H13BrN2O2. The van der Waals surface area contributed by atoms with Gasteiger partial charge in [-0.3, -0.25) is 10.1 Å². The standard InChI is InChI=1S/C12H13BrN2O2/c1-12(10(16)14-11(17)15-12)6-5-8-3-2-4-9(13)7-8/h2-4,7H,5-6H2,1H3,(H2,14,15,16,17). The summed E-state index contributed by atoms with van der Waals surface area (Å²) in [6.45, 7) is 1.74. The SMILES string of the molecule is CC1(CCc2cccc(Br)c2)NC(=O)NC1=O. The number of rotatable bonds is 3. The van der Waals surface area contributed by atoms with Gasteiger partial charge in [-0.1, -0.05) is 28.1 Å². The second-order valence-corrected chi connectivity index (χ2v) is 5.29. The molecule has 1 aromatic rings. The van der Waals surface area contributed by atoms with Crippen molar-refractivity contribution in [2.24, 2.45) is 0 Å². The summed E-state index contributed by atoms with van der Waals surface area (Å²) in [5.74, 6) is -0.252. The Morgan fingerprint density at radius 3 is 2.71 bits per heavy atom. The Labute approximate surface area is 108 Å². The van der Waals surface area contributed by atoms with Gasteiger partial charge in [-0.15, -0.1) is 0 Å². The summed E-state index contributed by atoms with van der Waals surface area (Å²) in [5, 5.41) is 4.91. The number of benzene rings is 1. The lowest BCUT2D eigenvalue weighted by Gasteiger charge is -2.20. The van der Waals surface area contributed by atoms with E-state index in [0.717, 1.165) is 16.5 Å². The van der Waals surface area contributed by atoms with Gasteiger partial charge in [-0.05, 0) is 37.5 Å². The Hall–Kier alpha value is -1.36. The van der Waals surface area contributed by atoms with Crippen molar-refractivity contribution in [3.05, 3.63) is 34.3 Å². The molecule has 0 saturated carbocycles. The maximum Gasteiger partial charge on any atom is 0.322 e. The quantitative estimate of drug-likeness (QED) is 0.838. The summed E-state index contributed by atoms with van der Waals surface area (Å²) in [5.41, 5.74) is 0.342. The molecule has 2 rings (SSSR count). The van der Waals surface area contributed by atoms with Gasteiger partial charge in [0, 0.05) is 4.47 Å². The second kappa shape index (κ2) is 4.49. The molecule has 5 heteroatoms. The molecule has 0 bridgehead atoms. The Balaban J connectivity index is 2.03. The van der Waals surface area contributed by atoms with Crippen LogP contribution in [0.1, 0.15) is 18.9 Å². The molecule has 0 spiro atoms. The zero-order valence-electron chi connectivity index (χ0n) is 9.42. The van der Waals surface area contributed by atoms with E-state index in [0.29, 0.717) is 6.42 Å². The number of aryl methyl sites for hydroxylation is 1. The summed E-state index contributed by atoms with van der Waals surface area (Å²) in [4.78, 5) is 22.7. The first-order valence-electron chi connectivity index (χ1n) is 5.38. The van der Waals surface area contributed by atoms with Gasteiger partial charge in [0.1, 0.15) is 5.54 Å². The topological polar surface area (TPSA) is 58.2 Å². The van der Waals surface area contributed by atoms with E-state index in [1.165, 1.54) is 0 Å². The van der Waals surface area contributed by atoms with Gasteiger partial charge in [-0.25, -0.2) is 4.79 Å². The van der Waals surface area contributed by atoms with E-state index >= 15 is 0 Å². The highest BCUT2D eigenvalue weighted by molar-refractivity contribution is 9.10. The van der Waals surface area contributed by atoms with Crippen molar-refractivity contribution in [3.63, 3.8) is 0 Å². The molecular weight excluding hydrogens is 284 g/mol. The number of urea groups is 1. The second-order valence-electron chi connectivity index (χ2n) is 4.37. The molecule has 1 heterocycles.